The summed E-state index contributed by atoms with van der Waals surface area (Å²) < 4.78 is 11.3. The quantitative estimate of drug-likeness (QED) is 0.231. The Kier molecular flexibility index (Phi) is 7.32. The topological polar surface area (TPSA) is 38.8 Å². The average molecular weight is 478 g/mol. The maximum Gasteiger partial charge on any atom is 0.233 e. The van der Waals surface area contributed by atoms with Crippen LogP contribution in [0.25, 0.3) is 0 Å². The Hall–Kier alpha value is -4.05. The average Bonchev–Trinajstić information content (AvgIpc) is 2.94. The summed E-state index contributed by atoms with van der Waals surface area (Å²) in [5, 5.41) is 0. The highest BCUT2D eigenvalue weighted by Gasteiger charge is 2.48. The molecular weight excluding hydrogens is 446 g/mol. The summed E-state index contributed by atoms with van der Waals surface area (Å²) in [6, 6.07) is 36.6. The van der Waals surface area contributed by atoms with Crippen molar-refractivity contribution in [2.75, 3.05) is 12.0 Å². The van der Waals surface area contributed by atoms with E-state index in [4.69, 9.17) is 9.47 Å². The molecule has 0 spiro atoms. The van der Waals surface area contributed by atoms with Crippen molar-refractivity contribution in [3.8, 4) is 11.5 Å². The van der Waals surface area contributed by atoms with Gasteiger partial charge in [0.2, 0.25) is 5.91 Å². The molecule has 1 fully saturated rings. The predicted octanol–water partition coefficient (Wildman–Crippen LogP) is 7.00. The van der Waals surface area contributed by atoms with Crippen molar-refractivity contribution in [2.24, 2.45) is 5.92 Å². The zero-order valence-electron chi connectivity index (χ0n) is 20.5. The summed E-state index contributed by atoms with van der Waals surface area (Å²) in [6.07, 6.45) is 2.81. The number of anilines is 1. The van der Waals surface area contributed by atoms with Crippen molar-refractivity contribution in [2.45, 2.75) is 31.9 Å². The van der Waals surface area contributed by atoms with Crippen molar-refractivity contribution < 1.29 is 14.3 Å². The second kappa shape index (κ2) is 11.1. The summed E-state index contributed by atoms with van der Waals surface area (Å²) in [5.41, 5.74) is 4.47. The van der Waals surface area contributed by atoms with E-state index < -0.39 is 0 Å². The fourth-order valence-corrected chi connectivity index (χ4v) is 4.91. The molecule has 0 saturated carbocycles. The molecule has 1 amide bonds. The minimum Gasteiger partial charge on any atom is -0.497 e. The van der Waals surface area contributed by atoms with Crippen LogP contribution in [0.4, 0.5) is 5.69 Å². The van der Waals surface area contributed by atoms with Gasteiger partial charge in [-0.25, -0.2) is 0 Å². The molecule has 36 heavy (non-hydrogen) atoms. The lowest BCUT2D eigenvalue weighted by Crippen LogP contribution is -2.55. The van der Waals surface area contributed by atoms with E-state index in [1.165, 1.54) is 5.56 Å². The number of carbonyl (C=O) groups excluding carboxylic acids is 1. The maximum atomic E-state index is 13.3. The molecule has 0 unspecified atom stereocenters. The van der Waals surface area contributed by atoms with E-state index in [1.54, 1.807) is 7.11 Å². The Morgan fingerprint density at radius 3 is 1.97 bits per heavy atom. The van der Waals surface area contributed by atoms with E-state index in [0.717, 1.165) is 47.6 Å². The lowest BCUT2D eigenvalue weighted by Gasteiger charge is -2.47. The minimum atomic E-state index is -0.0353. The standard InChI is InChI=1S/C32H31NO3/c1-35-28-21-17-27(18-22-28)33-31(30(32(33)34)14-8-13-24-9-4-2-5-10-24)26-15-19-29(20-16-26)36-23-25-11-6-3-7-12-25/h2-7,9-12,15-22,30-31H,8,13-14,23H2,1H3/t30-,31-/m1/s1. The number of hydrogen-bond donors (Lipinski definition) is 0. The number of methoxy groups -OCH3 is 1. The molecule has 4 nitrogen and oxygen atoms in total. The van der Waals surface area contributed by atoms with Gasteiger partial charge in [-0.05, 0) is 72.4 Å². The molecule has 2 atom stereocenters. The first-order valence-electron chi connectivity index (χ1n) is 12.5. The number of β-lactam (4-membered cyclic amide) rings is 1. The van der Waals surface area contributed by atoms with Crippen LogP contribution >= 0.6 is 0 Å². The van der Waals surface area contributed by atoms with Crippen molar-refractivity contribution in [3.63, 3.8) is 0 Å². The Morgan fingerprint density at radius 2 is 1.33 bits per heavy atom. The largest absolute Gasteiger partial charge is 0.497 e. The van der Waals surface area contributed by atoms with Gasteiger partial charge in [-0.1, -0.05) is 72.8 Å². The van der Waals surface area contributed by atoms with Crippen molar-refractivity contribution >= 4 is 11.6 Å². The third kappa shape index (κ3) is 5.28. The number of nitrogens with zero attached hydrogens (tertiary/aromatic N) is 1. The van der Waals surface area contributed by atoms with E-state index in [-0.39, 0.29) is 17.9 Å². The molecule has 5 rings (SSSR count). The van der Waals surface area contributed by atoms with Crippen molar-refractivity contribution in [1.82, 2.24) is 0 Å². The van der Waals surface area contributed by atoms with Gasteiger partial charge in [0.1, 0.15) is 18.1 Å². The fraction of sp³-hybridized carbons (Fsp3) is 0.219. The van der Waals surface area contributed by atoms with Crippen LogP contribution in [-0.4, -0.2) is 13.0 Å². The number of hydrogen-bond acceptors (Lipinski definition) is 3. The van der Waals surface area contributed by atoms with Crippen LogP contribution < -0.4 is 14.4 Å². The highest BCUT2D eigenvalue weighted by atomic mass is 16.5. The molecule has 1 heterocycles. The molecular formula is C32H31NO3. The van der Waals surface area contributed by atoms with Crippen LogP contribution in [0.3, 0.4) is 0 Å². The number of rotatable bonds is 10. The van der Waals surface area contributed by atoms with E-state index >= 15 is 0 Å². The molecule has 0 N–H and O–H groups in total. The highest BCUT2D eigenvalue weighted by Crippen LogP contribution is 2.46. The van der Waals surface area contributed by atoms with E-state index in [1.807, 2.05) is 65.6 Å². The monoisotopic (exact) mass is 477 g/mol. The van der Waals surface area contributed by atoms with E-state index in [2.05, 4.69) is 48.5 Å². The molecule has 1 saturated heterocycles. The van der Waals surface area contributed by atoms with Crippen LogP contribution in [-0.2, 0) is 17.8 Å². The molecule has 0 aliphatic carbocycles. The maximum absolute atomic E-state index is 13.3. The molecule has 1 aliphatic rings. The molecule has 1 aliphatic heterocycles. The van der Waals surface area contributed by atoms with Crippen molar-refractivity contribution in [3.05, 3.63) is 126 Å². The summed E-state index contributed by atoms with van der Waals surface area (Å²) in [6.45, 7) is 0.530. The molecule has 4 aromatic rings. The second-order valence-electron chi connectivity index (χ2n) is 9.18. The lowest BCUT2D eigenvalue weighted by atomic mass is 9.78. The van der Waals surface area contributed by atoms with Gasteiger partial charge in [0.15, 0.2) is 0 Å². The predicted molar refractivity (Wildman–Crippen MR) is 143 cm³/mol. The van der Waals surface area contributed by atoms with Gasteiger partial charge in [-0.3, -0.25) is 4.79 Å². The van der Waals surface area contributed by atoms with Gasteiger partial charge >= 0.3 is 0 Å². The normalized spacial score (nSPS) is 16.9. The van der Waals surface area contributed by atoms with Crippen LogP contribution in [0.1, 0.15) is 35.6 Å². The van der Waals surface area contributed by atoms with Gasteiger partial charge < -0.3 is 14.4 Å². The highest BCUT2D eigenvalue weighted by molar-refractivity contribution is 6.03. The van der Waals surface area contributed by atoms with Gasteiger partial charge in [0, 0.05) is 5.69 Å². The van der Waals surface area contributed by atoms with E-state index in [9.17, 15) is 4.79 Å². The molecule has 0 bridgehead atoms. The summed E-state index contributed by atoms with van der Waals surface area (Å²) in [7, 11) is 1.65. The Balaban J connectivity index is 1.31. The number of ether oxygens (including phenoxy) is 2. The SMILES string of the molecule is COc1ccc(N2C(=O)[C@H](CCCc3ccccc3)[C@H]2c2ccc(OCc3ccccc3)cc2)cc1. The van der Waals surface area contributed by atoms with Crippen LogP contribution in [0.15, 0.2) is 109 Å². The Labute approximate surface area is 213 Å². The molecule has 4 heteroatoms. The number of amides is 1. The smallest absolute Gasteiger partial charge is 0.233 e. The summed E-state index contributed by atoms with van der Waals surface area (Å²) in [5.74, 6) is 1.75. The van der Waals surface area contributed by atoms with Crippen molar-refractivity contribution in [1.29, 1.82) is 0 Å². The zero-order valence-corrected chi connectivity index (χ0v) is 20.5. The van der Waals surface area contributed by atoms with Gasteiger partial charge in [-0.15, -0.1) is 0 Å². The summed E-state index contributed by atoms with van der Waals surface area (Å²) in [4.78, 5) is 15.3. The van der Waals surface area contributed by atoms with Crippen LogP contribution in [0.2, 0.25) is 0 Å². The molecule has 0 radical (unpaired) electrons. The Bertz CT molecular complexity index is 1250. The van der Waals surface area contributed by atoms with Gasteiger partial charge in [0.25, 0.3) is 0 Å². The third-order valence-electron chi connectivity index (χ3n) is 6.86. The number of carbonyl (C=O) groups is 1. The number of benzene rings is 4. The fourth-order valence-electron chi connectivity index (χ4n) is 4.91. The van der Waals surface area contributed by atoms with Gasteiger partial charge in [0.05, 0.1) is 19.1 Å². The molecule has 4 aromatic carbocycles. The lowest BCUT2D eigenvalue weighted by molar-refractivity contribution is -0.130. The molecule has 182 valence electrons. The first kappa shape index (κ1) is 23.7. The third-order valence-corrected chi connectivity index (χ3v) is 6.86. The Morgan fingerprint density at radius 1 is 0.722 bits per heavy atom. The zero-order chi connectivity index (χ0) is 24.7. The first-order valence-corrected chi connectivity index (χ1v) is 12.5. The summed E-state index contributed by atoms with van der Waals surface area (Å²) >= 11 is 0. The first-order chi connectivity index (χ1) is 17.7. The minimum absolute atomic E-state index is 0.00448. The molecule has 0 aromatic heterocycles. The van der Waals surface area contributed by atoms with Crippen LogP contribution in [0, 0.1) is 5.92 Å². The van der Waals surface area contributed by atoms with E-state index in [0.29, 0.717) is 6.61 Å². The van der Waals surface area contributed by atoms with Crippen LogP contribution in [0.5, 0.6) is 11.5 Å². The second-order valence-corrected chi connectivity index (χ2v) is 9.18. The van der Waals surface area contributed by atoms with Gasteiger partial charge in [-0.2, -0.15) is 0 Å². The number of aryl methyl sites for hydroxylation is 1.